The number of hydrogen-bond acceptors (Lipinski definition) is 4. The van der Waals surface area contributed by atoms with Gasteiger partial charge in [-0.15, -0.1) is 11.3 Å². The van der Waals surface area contributed by atoms with E-state index in [2.05, 4.69) is 0 Å². The molecule has 0 unspecified atom stereocenters. The highest BCUT2D eigenvalue weighted by atomic mass is 32.1. The van der Waals surface area contributed by atoms with Crippen LogP contribution in [0.3, 0.4) is 0 Å². The smallest absolute Gasteiger partial charge is 0.159 e. The van der Waals surface area contributed by atoms with E-state index in [0.29, 0.717) is 5.56 Å². The van der Waals surface area contributed by atoms with E-state index in [1.807, 2.05) is 36.4 Å². The van der Waals surface area contributed by atoms with Crippen LogP contribution in [-0.4, -0.2) is 5.78 Å². The Morgan fingerprint density at radius 3 is 2.30 bits per heavy atom. The molecule has 3 nitrogen and oxygen atoms in total. The number of carbonyl (C=O) groups is 1. The summed E-state index contributed by atoms with van der Waals surface area (Å²) < 4.78 is 0. The molecule has 0 radical (unpaired) electrons. The Bertz CT molecular complexity index is 739. The predicted octanol–water partition coefficient (Wildman–Crippen LogP) is 4.05. The Hall–Kier alpha value is -2.69. The Morgan fingerprint density at radius 1 is 1.10 bits per heavy atom. The summed E-state index contributed by atoms with van der Waals surface area (Å²) >= 11 is 1.50. The highest BCUT2D eigenvalue weighted by Gasteiger charge is 2.04. The molecule has 20 heavy (non-hydrogen) atoms. The van der Waals surface area contributed by atoms with E-state index in [1.165, 1.54) is 18.3 Å². The lowest BCUT2D eigenvalue weighted by atomic mass is 10.1. The topological polar surface area (TPSA) is 64.7 Å². The second kappa shape index (κ2) is 5.97. The molecular weight excluding hydrogens is 268 g/mol. The molecule has 1 heterocycles. The first-order chi connectivity index (χ1) is 9.63. The zero-order chi connectivity index (χ0) is 14.5. The lowest BCUT2D eigenvalue weighted by molar-refractivity contribution is 0.101. The summed E-state index contributed by atoms with van der Waals surface area (Å²) in [6.45, 7) is 1.54. The first-order valence-corrected chi connectivity index (χ1v) is 6.69. The third-order valence-corrected chi connectivity index (χ3v) is 3.81. The Kier molecular flexibility index (Phi) is 4.10. The summed E-state index contributed by atoms with van der Waals surface area (Å²) in [4.78, 5) is 13.1. The average molecular weight is 278 g/mol. The van der Waals surface area contributed by atoms with Gasteiger partial charge in [-0.3, -0.25) is 4.79 Å². The molecule has 0 aliphatic carbocycles. The van der Waals surface area contributed by atoms with E-state index in [4.69, 9.17) is 10.5 Å². The number of ketones is 1. The number of benzene rings is 1. The van der Waals surface area contributed by atoms with Crippen molar-refractivity contribution in [2.45, 2.75) is 6.92 Å². The molecule has 0 spiro atoms. The third-order valence-electron chi connectivity index (χ3n) is 2.73. The van der Waals surface area contributed by atoms with E-state index in [-0.39, 0.29) is 11.4 Å². The lowest BCUT2D eigenvalue weighted by Crippen LogP contribution is -1.90. The van der Waals surface area contributed by atoms with Crippen molar-refractivity contribution in [1.82, 2.24) is 0 Å². The Balaban J connectivity index is 2.30. The van der Waals surface area contributed by atoms with Crippen LogP contribution in [0.2, 0.25) is 0 Å². The molecule has 0 N–H and O–H groups in total. The van der Waals surface area contributed by atoms with Crippen LogP contribution in [-0.2, 0) is 0 Å². The molecule has 0 aliphatic rings. The van der Waals surface area contributed by atoms with E-state index < -0.39 is 0 Å². The van der Waals surface area contributed by atoms with Crippen molar-refractivity contribution in [3.05, 3.63) is 52.4 Å². The summed E-state index contributed by atoms with van der Waals surface area (Å²) in [6, 6.07) is 14.9. The molecule has 96 valence electrons. The van der Waals surface area contributed by atoms with E-state index in [1.54, 1.807) is 18.2 Å². The number of allylic oxidation sites excluding steroid dienone is 1. The van der Waals surface area contributed by atoms with E-state index >= 15 is 0 Å². The summed E-state index contributed by atoms with van der Waals surface area (Å²) in [6.07, 6.45) is 1.57. The van der Waals surface area contributed by atoms with Crippen molar-refractivity contribution in [1.29, 1.82) is 10.5 Å². The van der Waals surface area contributed by atoms with Crippen LogP contribution < -0.4 is 0 Å². The summed E-state index contributed by atoms with van der Waals surface area (Å²) in [5, 5.41) is 17.5. The molecular formula is C16H10N2OS. The number of nitrogens with zero attached hydrogens (tertiary/aromatic N) is 2. The first-order valence-electron chi connectivity index (χ1n) is 5.87. The fraction of sp³-hybridized carbons (Fsp3) is 0.0625. The first kappa shape index (κ1) is 13.7. The van der Waals surface area contributed by atoms with Gasteiger partial charge in [-0.1, -0.05) is 24.3 Å². The maximum absolute atomic E-state index is 11.2. The lowest BCUT2D eigenvalue weighted by Gasteiger charge is -1.99. The van der Waals surface area contributed by atoms with Crippen molar-refractivity contribution in [3.8, 4) is 22.6 Å². The fourth-order valence-electron chi connectivity index (χ4n) is 1.69. The number of Topliss-reactive ketones (excluding diaryl/α,β-unsaturated/α-hetero) is 1. The summed E-state index contributed by atoms with van der Waals surface area (Å²) in [5.41, 5.74) is 1.78. The number of carbonyl (C=O) groups excluding carboxylic acids is 1. The Morgan fingerprint density at radius 2 is 1.75 bits per heavy atom. The molecule has 0 saturated heterocycles. The van der Waals surface area contributed by atoms with Crippen molar-refractivity contribution >= 4 is 23.2 Å². The van der Waals surface area contributed by atoms with Gasteiger partial charge >= 0.3 is 0 Å². The molecule has 1 aromatic heterocycles. The van der Waals surface area contributed by atoms with Gasteiger partial charge in [0, 0.05) is 15.3 Å². The minimum absolute atomic E-state index is 0.0408. The van der Waals surface area contributed by atoms with Crippen LogP contribution in [0.1, 0.15) is 22.2 Å². The zero-order valence-electron chi connectivity index (χ0n) is 10.8. The van der Waals surface area contributed by atoms with Gasteiger partial charge < -0.3 is 0 Å². The van der Waals surface area contributed by atoms with E-state index in [9.17, 15) is 4.79 Å². The molecule has 0 amide bonds. The Labute approximate surface area is 121 Å². The second-order valence-corrected chi connectivity index (χ2v) is 5.23. The number of thiophene rings is 1. The van der Waals surface area contributed by atoms with Crippen molar-refractivity contribution < 1.29 is 4.79 Å². The predicted molar refractivity (Wildman–Crippen MR) is 79.0 cm³/mol. The zero-order valence-corrected chi connectivity index (χ0v) is 11.6. The van der Waals surface area contributed by atoms with Crippen LogP contribution in [0.4, 0.5) is 0 Å². The third kappa shape index (κ3) is 3.00. The van der Waals surface area contributed by atoms with Crippen LogP contribution in [0.15, 0.2) is 42.0 Å². The standard InChI is InChI=1S/C16H10N2OS/c1-11(19)13-2-4-14(5-3-13)16-7-6-15(20-16)8-12(9-17)10-18/h2-8H,1H3. The second-order valence-electron chi connectivity index (χ2n) is 4.12. The molecule has 0 saturated carbocycles. The van der Waals surface area contributed by atoms with Gasteiger partial charge in [-0.25, -0.2) is 0 Å². The van der Waals surface area contributed by atoms with Gasteiger partial charge in [0.25, 0.3) is 0 Å². The number of hydrogen-bond donors (Lipinski definition) is 0. The van der Waals surface area contributed by atoms with E-state index in [0.717, 1.165) is 15.3 Å². The SMILES string of the molecule is CC(=O)c1ccc(-c2ccc(C=C(C#N)C#N)s2)cc1. The summed E-state index contributed by atoms with van der Waals surface area (Å²) in [5.74, 6) is 0.0408. The minimum Gasteiger partial charge on any atom is -0.295 e. The molecule has 1 aromatic carbocycles. The maximum Gasteiger partial charge on any atom is 0.159 e. The van der Waals surface area contributed by atoms with Crippen molar-refractivity contribution in [3.63, 3.8) is 0 Å². The van der Waals surface area contributed by atoms with Crippen LogP contribution >= 0.6 is 11.3 Å². The maximum atomic E-state index is 11.2. The molecule has 0 aliphatic heterocycles. The fourth-order valence-corrected chi connectivity index (χ4v) is 2.64. The number of nitriles is 2. The van der Waals surface area contributed by atoms with Crippen molar-refractivity contribution in [2.24, 2.45) is 0 Å². The quantitative estimate of drug-likeness (QED) is 0.628. The van der Waals surface area contributed by atoms with Gasteiger partial charge in [-0.2, -0.15) is 10.5 Å². The van der Waals surface area contributed by atoms with Gasteiger partial charge in [0.2, 0.25) is 0 Å². The molecule has 0 bridgehead atoms. The highest BCUT2D eigenvalue weighted by Crippen LogP contribution is 2.29. The number of rotatable bonds is 3. The van der Waals surface area contributed by atoms with Crippen LogP contribution in [0.25, 0.3) is 16.5 Å². The molecule has 0 atom stereocenters. The average Bonchev–Trinajstić information content (AvgIpc) is 2.93. The minimum atomic E-state index is 0.0408. The molecule has 4 heteroatoms. The molecule has 2 aromatic rings. The molecule has 2 rings (SSSR count). The largest absolute Gasteiger partial charge is 0.295 e. The monoisotopic (exact) mass is 278 g/mol. The van der Waals surface area contributed by atoms with Gasteiger partial charge in [-0.05, 0) is 30.7 Å². The normalized spacial score (nSPS) is 9.35. The van der Waals surface area contributed by atoms with Gasteiger partial charge in [0.05, 0.1) is 0 Å². The molecule has 0 fully saturated rings. The van der Waals surface area contributed by atoms with Crippen LogP contribution in [0, 0.1) is 22.7 Å². The van der Waals surface area contributed by atoms with Gasteiger partial charge in [0.15, 0.2) is 5.78 Å². The van der Waals surface area contributed by atoms with Crippen molar-refractivity contribution in [2.75, 3.05) is 0 Å². The van der Waals surface area contributed by atoms with Gasteiger partial charge in [0.1, 0.15) is 17.7 Å². The van der Waals surface area contributed by atoms with Crippen LogP contribution in [0.5, 0.6) is 0 Å². The highest BCUT2D eigenvalue weighted by molar-refractivity contribution is 7.16. The summed E-state index contributed by atoms with van der Waals surface area (Å²) in [7, 11) is 0.